The van der Waals surface area contributed by atoms with Gasteiger partial charge in [-0.05, 0) is 36.6 Å². The molecule has 0 atom stereocenters. The van der Waals surface area contributed by atoms with Crippen molar-refractivity contribution in [1.29, 1.82) is 0 Å². The highest BCUT2D eigenvalue weighted by Crippen LogP contribution is 2.16. The van der Waals surface area contributed by atoms with Crippen molar-refractivity contribution in [3.05, 3.63) is 57.3 Å². The van der Waals surface area contributed by atoms with Gasteiger partial charge in [0.2, 0.25) is 5.91 Å². The van der Waals surface area contributed by atoms with E-state index in [2.05, 4.69) is 58.9 Å². The van der Waals surface area contributed by atoms with Crippen LogP contribution in [-0.2, 0) is 24.4 Å². The minimum absolute atomic E-state index is 0. The summed E-state index contributed by atoms with van der Waals surface area (Å²) in [6, 6.07) is 12.7. The Labute approximate surface area is 182 Å². The van der Waals surface area contributed by atoms with E-state index >= 15 is 0 Å². The zero-order chi connectivity index (χ0) is 18.4. The number of aliphatic imine (C=N–C) groups is 1. The number of benzene rings is 1. The van der Waals surface area contributed by atoms with E-state index in [-0.39, 0.29) is 29.9 Å². The van der Waals surface area contributed by atoms with Crippen LogP contribution in [0.3, 0.4) is 0 Å². The van der Waals surface area contributed by atoms with Crippen LogP contribution >= 0.6 is 35.3 Å². The zero-order valence-corrected chi connectivity index (χ0v) is 19.0. The Bertz CT molecular complexity index is 790. The molecule has 1 aromatic heterocycles. The van der Waals surface area contributed by atoms with Crippen LogP contribution in [0.1, 0.15) is 33.7 Å². The molecule has 1 aliphatic heterocycles. The largest absolute Gasteiger partial charge is 0.352 e. The Kier molecular flexibility index (Phi) is 8.56. The maximum Gasteiger partial charge on any atom is 0.222 e. The van der Waals surface area contributed by atoms with E-state index in [4.69, 9.17) is 0 Å². The molecule has 0 radical (unpaired) electrons. The van der Waals surface area contributed by atoms with Crippen molar-refractivity contribution in [2.75, 3.05) is 13.6 Å². The maximum absolute atomic E-state index is 11.8. The highest BCUT2D eigenvalue weighted by molar-refractivity contribution is 14.0. The average Bonchev–Trinajstić information content (AvgIpc) is 3.24. The summed E-state index contributed by atoms with van der Waals surface area (Å²) in [5, 5.41) is 6.70. The molecule has 0 saturated carbocycles. The van der Waals surface area contributed by atoms with E-state index in [0.29, 0.717) is 19.5 Å². The quantitative estimate of drug-likeness (QED) is 0.363. The zero-order valence-electron chi connectivity index (χ0n) is 15.8. The molecule has 27 heavy (non-hydrogen) atoms. The number of hydrogen-bond acceptors (Lipinski definition) is 3. The number of rotatable bonds is 6. The molecular weight excluding hydrogens is 471 g/mol. The number of guanidine groups is 1. The monoisotopic (exact) mass is 498 g/mol. The number of halogens is 1. The summed E-state index contributed by atoms with van der Waals surface area (Å²) in [4.78, 5) is 20.6. The van der Waals surface area contributed by atoms with E-state index < -0.39 is 0 Å². The smallest absolute Gasteiger partial charge is 0.222 e. The second-order valence-electron chi connectivity index (χ2n) is 6.53. The molecule has 0 aliphatic carbocycles. The minimum Gasteiger partial charge on any atom is -0.352 e. The molecule has 7 heteroatoms. The van der Waals surface area contributed by atoms with Crippen LogP contribution in [0.4, 0.5) is 0 Å². The number of nitrogens with one attached hydrogen (secondary N) is 2. The van der Waals surface area contributed by atoms with Gasteiger partial charge in [-0.3, -0.25) is 9.79 Å². The van der Waals surface area contributed by atoms with Crippen LogP contribution < -0.4 is 10.6 Å². The molecule has 1 fully saturated rings. The molecule has 1 aliphatic rings. The van der Waals surface area contributed by atoms with Crippen LogP contribution in [-0.4, -0.2) is 30.4 Å². The number of carbonyl (C=O) groups excluding carboxylic acids is 1. The number of likely N-dealkylation sites (tertiary alicyclic amines) is 1. The molecule has 2 aromatic rings. The third kappa shape index (κ3) is 6.49. The van der Waals surface area contributed by atoms with Crippen LogP contribution in [0.2, 0.25) is 0 Å². The summed E-state index contributed by atoms with van der Waals surface area (Å²) in [7, 11) is 1.78. The maximum atomic E-state index is 11.8. The molecule has 1 saturated heterocycles. The van der Waals surface area contributed by atoms with Gasteiger partial charge in [0.25, 0.3) is 0 Å². The summed E-state index contributed by atoms with van der Waals surface area (Å²) in [6.07, 6.45) is 1.67. The predicted molar refractivity (Wildman–Crippen MR) is 123 cm³/mol. The third-order valence-electron chi connectivity index (χ3n) is 4.45. The van der Waals surface area contributed by atoms with Crippen molar-refractivity contribution in [3.63, 3.8) is 0 Å². The Morgan fingerprint density at radius 2 is 1.96 bits per heavy atom. The minimum atomic E-state index is 0. The molecule has 0 bridgehead atoms. The number of thiophene rings is 1. The van der Waals surface area contributed by atoms with Gasteiger partial charge in [0, 0.05) is 42.9 Å². The first kappa shape index (κ1) is 21.7. The molecular formula is C20H27IN4OS. The first-order chi connectivity index (χ1) is 12.6. The normalized spacial score (nSPS) is 14.2. The van der Waals surface area contributed by atoms with Gasteiger partial charge in [0.1, 0.15) is 0 Å². The van der Waals surface area contributed by atoms with E-state index in [1.807, 2.05) is 4.90 Å². The van der Waals surface area contributed by atoms with Crippen molar-refractivity contribution in [2.24, 2.45) is 4.99 Å². The Morgan fingerprint density at radius 1 is 1.19 bits per heavy atom. The fraction of sp³-hybridized carbons (Fsp3) is 0.400. The number of hydrogen-bond donors (Lipinski definition) is 2. The van der Waals surface area contributed by atoms with Gasteiger partial charge in [0.05, 0.1) is 6.54 Å². The van der Waals surface area contributed by atoms with Crippen LogP contribution in [0.15, 0.2) is 41.4 Å². The second-order valence-corrected chi connectivity index (χ2v) is 7.90. The number of carbonyl (C=O) groups is 1. The lowest BCUT2D eigenvalue weighted by Gasteiger charge is -2.16. The molecule has 1 amide bonds. The fourth-order valence-electron chi connectivity index (χ4n) is 3.09. The van der Waals surface area contributed by atoms with Gasteiger partial charge in [-0.2, -0.15) is 0 Å². The molecule has 2 heterocycles. The second kappa shape index (κ2) is 10.7. The van der Waals surface area contributed by atoms with E-state index in [1.165, 1.54) is 20.9 Å². The van der Waals surface area contributed by atoms with Crippen molar-refractivity contribution in [2.45, 2.75) is 39.4 Å². The standard InChI is InChI=1S/C20H26N4OS.HI/c1-15-8-9-18(26-15)13-23-20(21-2)22-12-16-5-3-6-17(11-16)14-24-10-4-7-19(24)25;/h3,5-6,8-9,11H,4,7,10,12-14H2,1-2H3,(H2,21,22,23);1H. The highest BCUT2D eigenvalue weighted by atomic mass is 127. The molecule has 1 aromatic carbocycles. The molecule has 0 spiro atoms. The van der Waals surface area contributed by atoms with E-state index in [1.54, 1.807) is 18.4 Å². The van der Waals surface area contributed by atoms with Gasteiger partial charge in [-0.15, -0.1) is 35.3 Å². The molecule has 3 rings (SSSR count). The lowest BCUT2D eigenvalue weighted by molar-refractivity contribution is -0.128. The molecule has 2 N–H and O–H groups in total. The summed E-state index contributed by atoms with van der Waals surface area (Å²) >= 11 is 1.79. The van der Waals surface area contributed by atoms with Crippen molar-refractivity contribution >= 4 is 47.2 Å². The topological polar surface area (TPSA) is 56.7 Å². The molecule has 146 valence electrons. The third-order valence-corrected chi connectivity index (χ3v) is 5.45. The lowest BCUT2D eigenvalue weighted by Crippen LogP contribution is -2.36. The van der Waals surface area contributed by atoms with Crippen LogP contribution in [0, 0.1) is 6.92 Å². The van der Waals surface area contributed by atoms with Crippen molar-refractivity contribution in [3.8, 4) is 0 Å². The molecule has 0 unspecified atom stereocenters. The number of aryl methyl sites for hydroxylation is 1. The van der Waals surface area contributed by atoms with Gasteiger partial charge >= 0.3 is 0 Å². The number of nitrogens with zero attached hydrogens (tertiary/aromatic N) is 2. The Hall–Kier alpha value is -1.61. The summed E-state index contributed by atoms with van der Waals surface area (Å²) in [5.74, 6) is 1.05. The molecule has 5 nitrogen and oxygen atoms in total. The summed E-state index contributed by atoms with van der Waals surface area (Å²) in [5.41, 5.74) is 2.36. The van der Waals surface area contributed by atoms with Crippen LogP contribution in [0.5, 0.6) is 0 Å². The average molecular weight is 498 g/mol. The first-order valence-corrected chi connectivity index (χ1v) is 9.81. The fourth-order valence-corrected chi connectivity index (χ4v) is 3.92. The van der Waals surface area contributed by atoms with Crippen molar-refractivity contribution < 1.29 is 4.79 Å². The van der Waals surface area contributed by atoms with Gasteiger partial charge in [-0.1, -0.05) is 24.3 Å². The van der Waals surface area contributed by atoms with Gasteiger partial charge < -0.3 is 15.5 Å². The summed E-state index contributed by atoms with van der Waals surface area (Å²) in [6.45, 7) is 5.17. The Balaban J connectivity index is 0.00000261. The first-order valence-electron chi connectivity index (χ1n) is 8.99. The predicted octanol–water partition coefficient (Wildman–Crippen LogP) is 3.66. The lowest BCUT2D eigenvalue weighted by atomic mass is 10.1. The Morgan fingerprint density at radius 3 is 2.63 bits per heavy atom. The number of amides is 1. The van der Waals surface area contributed by atoms with Gasteiger partial charge in [-0.25, -0.2) is 0 Å². The van der Waals surface area contributed by atoms with Crippen LogP contribution in [0.25, 0.3) is 0 Å². The highest BCUT2D eigenvalue weighted by Gasteiger charge is 2.19. The van der Waals surface area contributed by atoms with E-state index in [9.17, 15) is 4.79 Å². The van der Waals surface area contributed by atoms with Gasteiger partial charge in [0.15, 0.2) is 5.96 Å². The van der Waals surface area contributed by atoms with E-state index in [0.717, 1.165) is 25.5 Å². The van der Waals surface area contributed by atoms with Crippen molar-refractivity contribution in [1.82, 2.24) is 15.5 Å². The SMILES string of the molecule is CN=C(NCc1cccc(CN2CCCC2=O)c1)NCc1ccc(C)s1.I. The summed E-state index contributed by atoms with van der Waals surface area (Å²) < 4.78 is 0.